The van der Waals surface area contributed by atoms with Gasteiger partial charge in [-0.25, -0.2) is 15.0 Å². The van der Waals surface area contributed by atoms with Crippen LogP contribution in [-0.2, 0) is 19.4 Å². The second-order valence-corrected chi connectivity index (χ2v) is 7.67. The quantitative estimate of drug-likeness (QED) is 0.848. The molecule has 1 aliphatic carbocycles. The predicted molar refractivity (Wildman–Crippen MR) is 102 cm³/mol. The maximum absolute atomic E-state index is 12.4. The summed E-state index contributed by atoms with van der Waals surface area (Å²) in [6.07, 6.45) is 10.3. The van der Waals surface area contributed by atoms with Crippen LogP contribution < -0.4 is 10.5 Å². The maximum Gasteiger partial charge on any atom is 0.256 e. The zero-order valence-corrected chi connectivity index (χ0v) is 15.7. The predicted octanol–water partition coefficient (Wildman–Crippen LogP) is 2.45. The Labute approximate surface area is 154 Å². The van der Waals surface area contributed by atoms with Crippen LogP contribution in [0.2, 0.25) is 0 Å². The molecule has 0 aromatic carbocycles. The van der Waals surface area contributed by atoms with Gasteiger partial charge in [0.25, 0.3) is 5.56 Å². The molecule has 0 spiro atoms. The third kappa shape index (κ3) is 3.24. The lowest BCUT2D eigenvalue weighted by Gasteiger charge is -2.34. The summed E-state index contributed by atoms with van der Waals surface area (Å²) in [6, 6.07) is 0. The largest absolute Gasteiger partial charge is 0.356 e. The molecule has 1 fully saturated rings. The molecular weight excluding hydrogens is 326 g/mol. The third-order valence-corrected chi connectivity index (χ3v) is 5.99. The highest BCUT2D eigenvalue weighted by Crippen LogP contribution is 2.30. The van der Waals surface area contributed by atoms with Gasteiger partial charge in [0, 0.05) is 42.1 Å². The summed E-state index contributed by atoms with van der Waals surface area (Å²) in [5.41, 5.74) is 4.31. The standard InChI is InChI=1S/C20H27N5O/c1-14-15(2)23-13-25(20(14)26)11-16-7-9-24(10-8-16)19-17-5-3-4-6-18(17)21-12-22-19/h12-13,16H,3-11H2,1-2H3. The van der Waals surface area contributed by atoms with Crippen LogP contribution in [-0.4, -0.2) is 32.6 Å². The van der Waals surface area contributed by atoms with Crippen molar-refractivity contribution in [3.8, 4) is 0 Å². The fourth-order valence-corrected chi connectivity index (χ4v) is 4.19. The molecule has 0 bridgehead atoms. The molecule has 1 saturated heterocycles. The summed E-state index contributed by atoms with van der Waals surface area (Å²) >= 11 is 0. The van der Waals surface area contributed by atoms with Gasteiger partial charge in [-0.15, -0.1) is 0 Å². The van der Waals surface area contributed by atoms with Crippen molar-refractivity contribution in [2.45, 2.75) is 58.9 Å². The lowest BCUT2D eigenvalue weighted by molar-refractivity contribution is 0.349. The van der Waals surface area contributed by atoms with E-state index < -0.39 is 0 Å². The molecule has 138 valence electrons. The minimum absolute atomic E-state index is 0.102. The number of aromatic nitrogens is 4. The molecule has 0 amide bonds. The molecule has 2 aromatic heterocycles. The van der Waals surface area contributed by atoms with Crippen molar-refractivity contribution in [1.29, 1.82) is 0 Å². The van der Waals surface area contributed by atoms with Gasteiger partial charge in [0.1, 0.15) is 12.1 Å². The SMILES string of the molecule is Cc1ncn(CC2CCN(c3ncnc4c3CCCC4)CC2)c(=O)c1C. The number of anilines is 1. The third-order valence-electron chi connectivity index (χ3n) is 5.99. The van der Waals surface area contributed by atoms with E-state index in [1.54, 1.807) is 17.2 Å². The molecule has 0 N–H and O–H groups in total. The van der Waals surface area contributed by atoms with Crippen LogP contribution in [0.25, 0.3) is 0 Å². The van der Waals surface area contributed by atoms with Crippen LogP contribution in [0, 0.1) is 19.8 Å². The fourth-order valence-electron chi connectivity index (χ4n) is 4.19. The Bertz CT molecular complexity index is 852. The minimum atomic E-state index is 0.102. The highest BCUT2D eigenvalue weighted by atomic mass is 16.1. The second-order valence-electron chi connectivity index (χ2n) is 7.67. The highest BCUT2D eigenvalue weighted by Gasteiger charge is 2.25. The van der Waals surface area contributed by atoms with Crippen molar-refractivity contribution in [2.75, 3.05) is 18.0 Å². The zero-order valence-electron chi connectivity index (χ0n) is 15.7. The average Bonchev–Trinajstić information content (AvgIpc) is 2.69. The van der Waals surface area contributed by atoms with E-state index in [2.05, 4.69) is 19.9 Å². The summed E-state index contributed by atoms with van der Waals surface area (Å²) in [7, 11) is 0. The van der Waals surface area contributed by atoms with Gasteiger partial charge in [-0.2, -0.15) is 0 Å². The number of hydrogen-bond acceptors (Lipinski definition) is 5. The molecule has 0 saturated carbocycles. The summed E-state index contributed by atoms with van der Waals surface area (Å²) in [5, 5.41) is 0. The molecule has 0 atom stereocenters. The van der Waals surface area contributed by atoms with Crippen LogP contribution in [0.15, 0.2) is 17.4 Å². The summed E-state index contributed by atoms with van der Waals surface area (Å²) in [6.45, 7) is 6.52. The van der Waals surface area contributed by atoms with Crippen molar-refractivity contribution in [3.05, 3.63) is 45.5 Å². The molecule has 1 aliphatic heterocycles. The molecule has 6 heteroatoms. The van der Waals surface area contributed by atoms with E-state index in [1.807, 2.05) is 13.8 Å². The summed E-state index contributed by atoms with van der Waals surface area (Å²) in [5.74, 6) is 1.67. The highest BCUT2D eigenvalue weighted by molar-refractivity contribution is 5.49. The lowest BCUT2D eigenvalue weighted by Crippen LogP contribution is -2.38. The van der Waals surface area contributed by atoms with Crippen LogP contribution in [0.5, 0.6) is 0 Å². The molecule has 26 heavy (non-hydrogen) atoms. The van der Waals surface area contributed by atoms with Crippen molar-refractivity contribution >= 4 is 5.82 Å². The van der Waals surface area contributed by atoms with Crippen molar-refractivity contribution in [2.24, 2.45) is 5.92 Å². The van der Waals surface area contributed by atoms with Crippen molar-refractivity contribution in [1.82, 2.24) is 19.5 Å². The molecular formula is C20H27N5O. The van der Waals surface area contributed by atoms with Gasteiger partial charge in [-0.3, -0.25) is 9.36 Å². The molecule has 4 rings (SSSR count). The molecule has 6 nitrogen and oxygen atoms in total. The number of nitrogens with zero attached hydrogens (tertiary/aromatic N) is 5. The Hall–Kier alpha value is -2.24. The van der Waals surface area contributed by atoms with Crippen LogP contribution in [0.1, 0.15) is 48.2 Å². The van der Waals surface area contributed by atoms with Gasteiger partial charge in [0.2, 0.25) is 0 Å². The van der Waals surface area contributed by atoms with Crippen LogP contribution in [0.4, 0.5) is 5.82 Å². The van der Waals surface area contributed by atoms with Crippen molar-refractivity contribution in [3.63, 3.8) is 0 Å². The smallest absolute Gasteiger partial charge is 0.256 e. The van der Waals surface area contributed by atoms with Gasteiger partial charge < -0.3 is 4.90 Å². The Balaban J connectivity index is 1.44. The molecule has 2 aromatic rings. The van der Waals surface area contributed by atoms with Gasteiger partial charge >= 0.3 is 0 Å². The van der Waals surface area contributed by atoms with E-state index in [4.69, 9.17) is 0 Å². The van der Waals surface area contributed by atoms with E-state index in [1.165, 1.54) is 24.1 Å². The number of piperidine rings is 1. The fraction of sp³-hybridized carbons (Fsp3) is 0.600. The number of hydrogen-bond donors (Lipinski definition) is 0. The Morgan fingerprint density at radius 1 is 1.08 bits per heavy atom. The van der Waals surface area contributed by atoms with Gasteiger partial charge in [0.05, 0.1) is 6.33 Å². The first kappa shape index (κ1) is 17.2. The molecule has 3 heterocycles. The number of aryl methyl sites for hydroxylation is 2. The maximum atomic E-state index is 12.4. The number of rotatable bonds is 3. The average molecular weight is 353 g/mol. The monoisotopic (exact) mass is 353 g/mol. The minimum Gasteiger partial charge on any atom is -0.356 e. The second kappa shape index (κ2) is 7.17. The van der Waals surface area contributed by atoms with Gasteiger partial charge in [-0.1, -0.05) is 0 Å². The van der Waals surface area contributed by atoms with Crippen LogP contribution >= 0.6 is 0 Å². The van der Waals surface area contributed by atoms with E-state index >= 15 is 0 Å². The zero-order chi connectivity index (χ0) is 18.1. The molecule has 0 unspecified atom stereocenters. The van der Waals surface area contributed by atoms with Crippen molar-refractivity contribution < 1.29 is 0 Å². The lowest BCUT2D eigenvalue weighted by atomic mass is 9.93. The Kier molecular flexibility index (Phi) is 4.74. The van der Waals surface area contributed by atoms with Gasteiger partial charge in [0.15, 0.2) is 0 Å². The Morgan fingerprint density at radius 2 is 1.85 bits per heavy atom. The molecule has 0 radical (unpaired) electrons. The summed E-state index contributed by atoms with van der Waals surface area (Å²) in [4.78, 5) is 28.3. The number of fused-ring (bicyclic) bond motifs is 1. The van der Waals surface area contributed by atoms with E-state index in [0.717, 1.165) is 62.4 Å². The normalized spacial score (nSPS) is 18.0. The first-order valence-electron chi connectivity index (χ1n) is 9.74. The Morgan fingerprint density at radius 3 is 2.65 bits per heavy atom. The topological polar surface area (TPSA) is 63.9 Å². The summed E-state index contributed by atoms with van der Waals surface area (Å²) < 4.78 is 1.79. The van der Waals surface area contributed by atoms with Crippen LogP contribution in [0.3, 0.4) is 0 Å². The van der Waals surface area contributed by atoms with E-state index in [0.29, 0.717) is 5.92 Å². The van der Waals surface area contributed by atoms with Gasteiger partial charge in [-0.05, 0) is 58.3 Å². The first-order chi connectivity index (χ1) is 12.6. The molecule has 2 aliphatic rings. The van der Waals surface area contributed by atoms with E-state index in [-0.39, 0.29) is 5.56 Å². The van der Waals surface area contributed by atoms with E-state index in [9.17, 15) is 4.79 Å². The first-order valence-corrected chi connectivity index (χ1v) is 9.74.